The molecule has 0 bridgehead atoms. The van der Waals surface area contributed by atoms with Gasteiger partial charge in [0.25, 0.3) is 11.8 Å². The molecule has 0 aliphatic carbocycles. The molecule has 0 radical (unpaired) electrons. The van der Waals surface area contributed by atoms with Crippen molar-refractivity contribution in [3.8, 4) is 0 Å². The molecule has 0 aliphatic rings. The van der Waals surface area contributed by atoms with E-state index < -0.39 is 33.9 Å². The van der Waals surface area contributed by atoms with Gasteiger partial charge in [-0.05, 0) is 48.6 Å². The Kier molecular flexibility index (Phi) is 10.7. The van der Waals surface area contributed by atoms with E-state index in [-0.39, 0.29) is 28.8 Å². The van der Waals surface area contributed by atoms with Crippen molar-refractivity contribution in [2.24, 2.45) is 5.73 Å². The summed E-state index contributed by atoms with van der Waals surface area (Å²) < 4.78 is 27.6. The molecule has 0 fully saturated rings. The second kappa shape index (κ2) is 14.5. The fraction of sp³-hybridized carbons (Fsp3) is 0.333. The van der Waals surface area contributed by atoms with Crippen LogP contribution >= 0.6 is 0 Å². The minimum Gasteiger partial charge on any atom is -0.347 e. The maximum atomic E-state index is 13.8. The Labute approximate surface area is 264 Å². The third-order valence-corrected chi connectivity index (χ3v) is 8.83. The summed E-state index contributed by atoms with van der Waals surface area (Å²) >= 11 is 0. The molecule has 0 aliphatic heterocycles. The summed E-state index contributed by atoms with van der Waals surface area (Å²) in [5.74, 6) is -0.746. The first-order valence-corrected chi connectivity index (χ1v) is 16.6. The van der Waals surface area contributed by atoms with E-state index in [0.29, 0.717) is 13.0 Å². The fourth-order valence-electron chi connectivity index (χ4n) is 4.79. The van der Waals surface area contributed by atoms with E-state index in [0.717, 1.165) is 27.4 Å². The van der Waals surface area contributed by atoms with Gasteiger partial charge < -0.3 is 16.4 Å². The lowest BCUT2D eigenvalue weighted by Crippen LogP contribution is -2.51. The number of hydrogen-bond donors (Lipinski definition) is 3. The maximum absolute atomic E-state index is 13.8. The number of nitrogens with two attached hydrogens (primary N) is 1. The van der Waals surface area contributed by atoms with Crippen molar-refractivity contribution in [1.82, 2.24) is 25.6 Å². The summed E-state index contributed by atoms with van der Waals surface area (Å²) in [5, 5.41) is 14.4. The largest absolute Gasteiger partial charge is 0.347 e. The topological polar surface area (TPSA) is 152 Å². The Morgan fingerprint density at radius 2 is 1.49 bits per heavy atom. The normalized spacial score (nSPS) is 13.6. The van der Waals surface area contributed by atoms with Gasteiger partial charge >= 0.3 is 0 Å². The van der Waals surface area contributed by atoms with Crippen LogP contribution in [0.2, 0.25) is 0 Å². The van der Waals surface area contributed by atoms with E-state index in [4.69, 9.17) is 5.73 Å². The summed E-state index contributed by atoms with van der Waals surface area (Å²) in [6.45, 7) is 6.21. The van der Waals surface area contributed by atoms with Crippen LogP contribution in [-0.4, -0.2) is 60.6 Å². The number of amides is 2. The third kappa shape index (κ3) is 8.99. The number of benzene rings is 3. The maximum Gasteiger partial charge on any atom is 0.251 e. The number of anilines is 1. The lowest BCUT2D eigenvalue weighted by atomic mass is 9.98. The second-order valence-corrected chi connectivity index (χ2v) is 13.6. The summed E-state index contributed by atoms with van der Waals surface area (Å²) in [7, 11) is -2.32. The van der Waals surface area contributed by atoms with E-state index in [1.807, 2.05) is 87.6 Å². The monoisotopic (exact) mass is 631 g/mol. The molecule has 45 heavy (non-hydrogen) atoms. The number of nitrogens with one attached hydrogen (secondary N) is 2. The van der Waals surface area contributed by atoms with Gasteiger partial charge in [0.15, 0.2) is 0 Å². The van der Waals surface area contributed by atoms with Gasteiger partial charge in [-0.25, -0.2) is 8.42 Å². The predicted octanol–water partition coefficient (Wildman–Crippen LogP) is 3.66. The number of aromatic nitrogens is 3. The first-order chi connectivity index (χ1) is 21.3. The highest BCUT2D eigenvalue weighted by Gasteiger charge is 2.25. The number of carbonyl (C=O) groups is 2. The molecule has 3 atom stereocenters. The van der Waals surface area contributed by atoms with Crippen molar-refractivity contribution in [1.29, 1.82) is 0 Å². The highest BCUT2D eigenvalue weighted by molar-refractivity contribution is 7.92. The van der Waals surface area contributed by atoms with E-state index >= 15 is 0 Å². The average Bonchev–Trinajstić information content (AvgIpc) is 3.49. The first-order valence-electron chi connectivity index (χ1n) is 14.8. The Morgan fingerprint density at radius 1 is 0.911 bits per heavy atom. The molecule has 4 aromatic rings. The molecule has 2 amide bonds. The molecule has 0 spiro atoms. The summed E-state index contributed by atoms with van der Waals surface area (Å²) in [6, 6.07) is 22.1. The second-order valence-electron chi connectivity index (χ2n) is 11.6. The van der Waals surface area contributed by atoms with Gasteiger partial charge in [-0.3, -0.25) is 18.6 Å². The van der Waals surface area contributed by atoms with Crippen molar-refractivity contribution in [3.05, 3.63) is 113 Å². The zero-order chi connectivity index (χ0) is 32.7. The molecular formula is C33H41N7O4S. The molecule has 11 nitrogen and oxygen atoms in total. The van der Waals surface area contributed by atoms with Gasteiger partial charge in [0, 0.05) is 30.4 Å². The molecule has 4 N–H and O–H groups in total. The molecule has 3 aromatic carbocycles. The Balaban J connectivity index is 1.64. The minimum absolute atomic E-state index is 0.119. The minimum atomic E-state index is -3.69. The predicted molar refractivity (Wildman–Crippen MR) is 175 cm³/mol. The van der Waals surface area contributed by atoms with E-state index in [1.54, 1.807) is 4.68 Å². The van der Waals surface area contributed by atoms with Crippen LogP contribution in [0.3, 0.4) is 0 Å². The molecule has 1 aromatic heterocycles. The SMILES string of the molecule is CC(C)c1cn(C[C@H](N)[C@H](Cc2ccccc2)NC(=O)c2cc(C(=O)N[C@H](C)c3ccccc3)cc(N(C)S(C)(=O)=O)c2)nn1. The highest BCUT2D eigenvalue weighted by Crippen LogP contribution is 2.22. The third-order valence-electron chi connectivity index (χ3n) is 7.63. The number of sulfonamides is 1. The molecule has 4 rings (SSSR count). The van der Waals surface area contributed by atoms with Crippen LogP contribution in [0.1, 0.15) is 70.3 Å². The van der Waals surface area contributed by atoms with Crippen LogP contribution in [0.5, 0.6) is 0 Å². The van der Waals surface area contributed by atoms with Gasteiger partial charge in [0.1, 0.15) is 0 Å². The summed E-state index contributed by atoms with van der Waals surface area (Å²) in [5.41, 5.74) is 9.83. The van der Waals surface area contributed by atoms with Crippen molar-refractivity contribution >= 4 is 27.5 Å². The molecule has 238 valence electrons. The molecular weight excluding hydrogens is 590 g/mol. The Hall–Kier alpha value is -4.55. The molecule has 0 saturated heterocycles. The molecule has 12 heteroatoms. The fourth-order valence-corrected chi connectivity index (χ4v) is 5.28. The van der Waals surface area contributed by atoms with Crippen molar-refractivity contribution < 1.29 is 18.0 Å². The standard InChI is InChI=1S/C33H41N7O4S/c1-22(2)31-21-40(38-37-31)20-29(34)30(16-24-12-8-6-9-13-24)36-33(42)27-17-26(18-28(19-27)39(4)45(5,43)44)32(41)35-23(3)25-14-10-7-11-15-25/h6-15,17-19,21-23,29-30H,16,20,34H2,1-5H3,(H,35,41)(H,36,42)/t23-,29+,30+/m1/s1. The number of hydrogen-bond acceptors (Lipinski definition) is 7. The van der Waals surface area contributed by atoms with Gasteiger partial charge in [0.05, 0.1) is 36.3 Å². The first kappa shape index (κ1) is 33.3. The lowest BCUT2D eigenvalue weighted by Gasteiger charge is -2.26. The van der Waals surface area contributed by atoms with Crippen molar-refractivity contribution in [2.45, 2.75) is 57.8 Å². The number of rotatable bonds is 13. The zero-order valence-corrected chi connectivity index (χ0v) is 27.0. The van der Waals surface area contributed by atoms with Gasteiger partial charge in [-0.15, -0.1) is 5.10 Å². The smallest absolute Gasteiger partial charge is 0.251 e. The van der Waals surface area contributed by atoms with Crippen molar-refractivity contribution in [2.75, 3.05) is 17.6 Å². The zero-order valence-electron chi connectivity index (χ0n) is 26.2. The number of nitrogens with zero attached hydrogens (tertiary/aromatic N) is 4. The summed E-state index contributed by atoms with van der Waals surface area (Å²) in [4.78, 5) is 27.2. The van der Waals surface area contributed by atoms with Crippen LogP contribution in [0, 0.1) is 0 Å². The quantitative estimate of drug-likeness (QED) is 0.204. The van der Waals surface area contributed by atoms with Crippen LogP contribution in [0.25, 0.3) is 0 Å². The van der Waals surface area contributed by atoms with Gasteiger partial charge in [-0.2, -0.15) is 0 Å². The average molecular weight is 632 g/mol. The van der Waals surface area contributed by atoms with Gasteiger partial charge in [0.2, 0.25) is 10.0 Å². The van der Waals surface area contributed by atoms with Crippen LogP contribution < -0.4 is 20.7 Å². The van der Waals surface area contributed by atoms with Gasteiger partial charge in [-0.1, -0.05) is 79.7 Å². The number of carbonyl (C=O) groups excluding carboxylic acids is 2. The van der Waals surface area contributed by atoms with Crippen molar-refractivity contribution in [3.63, 3.8) is 0 Å². The Morgan fingerprint density at radius 3 is 2.04 bits per heavy atom. The molecule has 1 heterocycles. The molecule has 0 unspecified atom stereocenters. The highest BCUT2D eigenvalue weighted by atomic mass is 32.2. The molecule has 0 saturated carbocycles. The van der Waals surface area contributed by atoms with E-state index in [2.05, 4.69) is 20.9 Å². The van der Waals surface area contributed by atoms with Crippen LogP contribution in [-0.2, 0) is 23.0 Å². The van der Waals surface area contributed by atoms with E-state index in [1.165, 1.54) is 25.2 Å². The summed E-state index contributed by atoms with van der Waals surface area (Å²) in [6.07, 6.45) is 3.34. The van der Waals surface area contributed by atoms with Crippen LogP contribution in [0.4, 0.5) is 5.69 Å². The Bertz CT molecular complexity index is 1710. The van der Waals surface area contributed by atoms with E-state index in [9.17, 15) is 18.0 Å². The lowest BCUT2D eigenvalue weighted by molar-refractivity contribution is 0.0928. The van der Waals surface area contributed by atoms with Crippen LogP contribution in [0.15, 0.2) is 85.1 Å².